The van der Waals surface area contributed by atoms with Crippen molar-refractivity contribution >= 4 is 17.4 Å². The molecule has 0 spiro atoms. The van der Waals surface area contributed by atoms with Gasteiger partial charge in [0.25, 0.3) is 0 Å². The van der Waals surface area contributed by atoms with E-state index >= 15 is 0 Å². The van der Waals surface area contributed by atoms with Gasteiger partial charge in [-0.3, -0.25) is 0 Å². The van der Waals surface area contributed by atoms with Crippen LogP contribution in [0.25, 0.3) is 0 Å². The first-order valence-electron chi connectivity index (χ1n) is 7.18. The van der Waals surface area contributed by atoms with Crippen molar-refractivity contribution in [2.45, 2.75) is 34.1 Å². The summed E-state index contributed by atoms with van der Waals surface area (Å²) in [6.45, 7) is 10.3. The topological polar surface area (TPSA) is 44.4 Å². The number of nitrogens with one attached hydrogen (secondary N) is 2. The first-order chi connectivity index (χ1) is 9.60. The van der Waals surface area contributed by atoms with E-state index in [-0.39, 0.29) is 6.03 Å². The van der Waals surface area contributed by atoms with E-state index in [1.165, 1.54) is 5.69 Å². The number of hydrogen-bond donors (Lipinski definition) is 2. The van der Waals surface area contributed by atoms with Crippen LogP contribution < -0.4 is 15.5 Å². The van der Waals surface area contributed by atoms with E-state index in [0.29, 0.717) is 0 Å². The zero-order chi connectivity index (χ0) is 15.0. The lowest BCUT2D eigenvalue weighted by molar-refractivity contribution is 0.255. The number of urea groups is 1. The van der Waals surface area contributed by atoms with Crippen molar-refractivity contribution in [3.8, 4) is 0 Å². The molecule has 0 fully saturated rings. The third kappa shape index (κ3) is 4.96. The molecule has 2 amide bonds. The van der Waals surface area contributed by atoms with Crippen molar-refractivity contribution in [3.63, 3.8) is 0 Å². The molecule has 0 radical (unpaired) electrons. The van der Waals surface area contributed by atoms with Gasteiger partial charge in [-0.05, 0) is 51.5 Å². The largest absolute Gasteiger partial charge is 0.372 e. The number of benzene rings is 1. The molecular weight excluding hydrogens is 250 g/mol. The van der Waals surface area contributed by atoms with Crippen molar-refractivity contribution in [2.24, 2.45) is 0 Å². The molecule has 0 aliphatic rings. The molecule has 1 aromatic carbocycles. The summed E-state index contributed by atoms with van der Waals surface area (Å²) < 4.78 is 0. The maximum absolute atomic E-state index is 11.7. The Kier molecular flexibility index (Phi) is 6.64. The van der Waals surface area contributed by atoms with E-state index in [1.54, 1.807) is 6.20 Å². The van der Waals surface area contributed by atoms with E-state index in [2.05, 4.69) is 36.3 Å². The van der Waals surface area contributed by atoms with Gasteiger partial charge >= 0.3 is 6.03 Å². The highest BCUT2D eigenvalue weighted by molar-refractivity contribution is 5.90. The van der Waals surface area contributed by atoms with Gasteiger partial charge in [-0.2, -0.15) is 0 Å². The Morgan fingerprint density at radius 3 is 2.25 bits per heavy atom. The van der Waals surface area contributed by atoms with E-state index in [0.717, 1.165) is 30.8 Å². The monoisotopic (exact) mass is 275 g/mol. The molecule has 4 nitrogen and oxygen atoms in total. The molecule has 0 bridgehead atoms. The molecule has 0 saturated heterocycles. The summed E-state index contributed by atoms with van der Waals surface area (Å²) in [5.74, 6) is 0. The molecule has 0 aliphatic heterocycles. The van der Waals surface area contributed by atoms with Gasteiger partial charge in [0, 0.05) is 30.7 Å². The molecule has 1 aromatic rings. The molecule has 1 rings (SSSR count). The predicted molar refractivity (Wildman–Crippen MR) is 86.2 cm³/mol. The van der Waals surface area contributed by atoms with Gasteiger partial charge in [0.05, 0.1) is 0 Å². The Balaban J connectivity index is 2.59. The number of carbonyl (C=O) groups excluding carboxylic acids is 1. The van der Waals surface area contributed by atoms with Crippen LogP contribution in [0.3, 0.4) is 0 Å². The fraction of sp³-hybridized carbons (Fsp3) is 0.438. The average Bonchev–Trinajstić information content (AvgIpc) is 2.47. The van der Waals surface area contributed by atoms with Crippen LogP contribution in [-0.4, -0.2) is 19.1 Å². The summed E-state index contributed by atoms with van der Waals surface area (Å²) in [6, 6.07) is 7.67. The second-order valence-corrected chi connectivity index (χ2v) is 4.66. The van der Waals surface area contributed by atoms with Crippen molar-refractivity contribution < 1.29 is 4.79 Å². The van der Waals surface area contributed by atoms with E-state index in [4.69, 9.17) is 0 Å². The molecule has 0 aliphatic carbocycles. The van der Waals surface area contributed by atoms with Crippen LogP contribution in [0.15, 0.2) is 36.0 Å². The van der Waals surface area contributed by atoms with Crippen molar-refractivity contribution in [1.82, 2.24) is 5.32 Å². The summed E-state index contributed by atoms with van der Waals surface area (Å²) in [6.07, 6.45) is 2.67. The quantitative estimate of drug-likeness (QED) is 0.825. The van der Waals surface area contributed by atoms with E-state index in [9.17, 15) is 4.79 Å². The second kappa shape index (κ2) is 8.25. The molecule has 20 heavy (non-hydrogen) atoms. The smallest absolute Gasteiger partial charge is 0.323 e. The molecule has 0 saturated carbocycles. The van der Waals surface area contributed by atoms with Crippen LogP contribution in [0.1, 0.15) is 34.1 Å². The zero-order valence-corrected chi connectivity index (χ0v) is 12.9. The minimum atomic E-state index is -0.214. The van der Waals surface area contributed by atoms with Crippen LogP contribution in [-0.2, 0) is 0 Å². The molecule has 0 heterocycles. The van der Waals surface area contributed by atoms with Crippen molar-refractivity contribution in [2.75, 3.05) is 23.3 Å². The normalized spacial score (nSPS) is 11.1. The van der Waals surface area contributed by atoms with Gasteiger partial charge in [-0.25, -0.2) is 4.79 Å². The zero-order valence-electron chi connectivity index (χ0n) is 12.9. The van der Waals surface area contributed by atoms with Gasteiger partial charge in [-0.1, -0.05) is 12.5 Å². The number of anilines is 2. The third-order valence-electron chi connectivity index (χ3n) is 3.26. The molecule has 0 aromatic heterocycles. The Labute approximate surface area is 121 Å². The lowest BCUT2D eigenvalue weighted by Crippen LogP contribution is -2.24. The fourth-order valence-electron chi connectivity index (χ4n) is 1.80. The Morgan fingerprint density at radius 1 is 1.15 bits per heavy atom. The first-order valence-corrected chi connectivity index (χ1v) is 7.18. The number of hydrogen-bond acceptors (Lipinski definition) is 2. The van der Waals surface area contributed by atoms with Gasteiger partial charge in [0.1, 0.15) is 0 Å². The molecule has 110 valence electrons. The van der Waals surface area contributed by atoms with Crippen LogP contribution in [0.4, 0.5) is 16.2 Å². The number of nitrogens with zero attached hydrogens (tertiary/aromatic N) is 1. The van der Waals surface area contributed by atoms with E-state index < -0.39 is 0 Å². The third-order valence-corrected chi connectivity index (χ3v) is 3.26. The lowest BCUT2D eigenvalue weighted by Gasteiger charge is -2.21. The number of allylic oxidation sites excluding steroid dienone is 1. The SMILES string of the molecule is CC/C(C)=C/NC(=O)Nc1ccc(N(CC)CC)cc1. The highest BCUT2D eigenvalue weighted by Gasteiger charge is 2.03. The molecular formula is C16H25N3O. The van der Waals surface area contributed by atoms with Gasteiger partial charge in [-0.15, -0.1) is 0 Å². The molecule has 0 unspecified atom stereocenters. The molecule has 0 atom stereocenters. The molecule has 2 N–H and O–H groups in total. The average molecular weight is 275 g/mol. The lowest BCUT2D eigenvalue weighted by atomic mass is 10.2. The maximum atomic E-state index is 11.7. The fourth-order valence-corrected chi connectivity index (χ4v) is 1.80. The van der Waals surface area contributed by atoms with Crippen molar-refractivity contribution in [1.29, 1.82) is 0 Å². The van der Waals surface area contributed by atoms with E-state index in [1.807, 2.05) is 31.2 Å². The first kappa shape index (κ1) is 16.1. The second-order valence-electron chi connectivity index (χ2n) is 4.66. The highest BCUT2D eigenvalue weighted by Crippen LogP contribution is 2.17. The minimum Gasteiger partial charge on any atom is -0.372 e. The van der Waals surface area contributed by atoms with Crippen molar-refractivity contribution in [3.05, 3.63) is 36.0 Å². The summed E-state index contributed by atoms with van der Waals surface area (Å²) in [5, 5.41) is 5.53. The number of rotatable bonds is 6. The Bertz CT molecular complexity index is 447. The Morgan fingerprint density at radius 2 is 1.75 bits per heavy atom. The summed E-state index contributed by atoms with van der Waals surface area (Å²) in [7, 11) is 0. The summed E-state index contributed by atoms with van der Waals surface area (Å²) >= 11 is 0. The number of carbonyl (C=O) groups is 1. The Hall–Kier alpha value is -1.97. The summed E-state index contributed by atoms with van der Waals surface area (Å²) in [5.41, 5.74) is 3.10. The van der Waals surface area contributed by atoms with Crippen LogP contribution in [0, 0.1) is 0 Å². The highest BCUT2D eigenvalue weighted by atomic mass is 16.2. The maximum Gasteiger partial charge on any atom is 0.323 e. The molecule has 4 heteroatoms. The standard InChI is InChI=1S/C16H25N3O/c1-5-13(4)12-17-16(20)18-14-8-10-15(11-9-14)19(6-2)7-3/h8-12H,5-7H2,1-4H3,(H2,17,18,20)/b13-12+. The predicted octanol–water partition coefficient (Wildman–Crippen LogP) is 3.97. The number of amides is 2. The summed E-state index contributed by atoms with van der Waals surface area (Å²) in [4.78, 5) is 13.9. The van der Waals surface area contributed by atoms with Gasteiger partial charge in [0.15, 0.2) is 0 Å². The van der Waals surface area contributed by atoms with Gasteiger partial charge < -0.3 is 15.5 Å². The van der Waals surface area contributed by atoms with Gasteiger partial charge in [0.2, 0.25) is 0 Å². The minimum absolute atomic E-state index is 0.214. The van der Waals surface area contributed by atoms with Crippen LogP contribution in [0.2, 0.25) is 0 Å². The van der Waals surface area contributed by atoms with Crippen LogP contribution >= 0.6 is 0 Å². The van der Waals surface area contributed by atoms with Crippen LogP contribution in [0.5, 0.6) is 0 Å².